The van der Waals surface area contributed by atoms with E-state index < -0.39 is 0 Å². The van der Waals surface area contributed by atoms with Crippen LogP contribution in [0.15, 0.2) is 42.7 Å². The third kappa shape index (κ3) is 3.20. The molecule has 0 aliphatic carbocycles. The van der Waals surface area contributed by atoms with Gasteiger partial charge in [-0.3, -0.25) is 0 Å². The number of aryl methyl sites for hydroxylation is 1. The van der Waals surface area contributed by atoms with Crippen molar-refractivity contribution in [3.63, 3.8) is 0 Å². The number of rotatable bonds is 5. The molecule has 0 amide bonds. The molecule has 0 spiro atoms. The van der Waals surface area contributed by atoms with Crippen LogP contribution in [0, 0.1) is 6.92 Å². The second-order valence-corrected chi connectivity index (χ2v) is 6.27. The monoisotopic (exact) mass is 298 g/mol. The lowest BCUT2D eigenvalue weighted by Gasteiger charge is -2.13. The Morgan fingerprint density at radius 2 is 2.05 bits per heavy atom. The van der Waals surface area contributed by atoms with Gasteiger partial charge in [0.05, 0.1) is 5.39 Å². The summed E-state index contributed by atoms with van der Waals surface area (Å²) >= 11 is 1.69. The average Bonchev–Trinajstić information content (AvgIpc) is 2.89. The predicted octanol–water partition coefficient (Wildman–Crippen LogP) is 3.50. The Labute approximate surface area is 128 Å². The highest BCUT2D eigenvalue weighted by Crippen LogP contribution is 2.27. The van der Waals surface area contributed by atoms with E-state index in [4.69, 9.17) is 5.73 Å². The number of hydrogen-bond acceptors (Lipinski definition) is 5. The second kappa shape index (κ2) is 6.20. The molecule has 0 aliphatic heterocycles. The van der Waals surface area contributed by atoms with Crippen LogP contribution in [0.2, 0.25) is 0 Å². The summed E-state index contributed by atoms with van der Waals surface area (Å²) in [6, 6.07) is 12.3. The van der Waals surface area contributed by atoms with Crippen LogP contribution < -0.4 is 11.1 Å². The van der Waals surface area contributed by atoms with Gasteiger partial charge in [-0.2, -0.15) is 0 Å². The van der Waals surface area contributed by atoms with E-state index >= 15 is 0 Å². The third-order valence-electron chi connectivity index (χ3n) is 3.43. The summed E-state index contributed by atoms with van der Waals surface area (Å²) in [6.45, 7) is 2.87. The molecule has 1 atom stereocenters. The number of benzene rings is 1. The van der Waals surface area contributed by atoms with Crippen molar-refractivity contribution in [3.8, 4) is 0 Å². The Kier molecular flexibility index (Phi) is 4.13. The molecule has 0 saturated carbocycles. The lowest BCUT2D eigenvalue weighted by Crippen LogP contribution is -2.15. The smallest absolute Gasteiger partial charge is 0.138 e. The minimum Gasteiger partial charge on any atom is -0.369 e. The van der Waals surface area contributed by atoms with E-state index in [-0.39, 0.29) is 6.04 Å². The minimum absolute atomic E-state index is 0.0419. The van der Waals surface area contributed by atoms with Crippen molar-refractivity contribution in [1.29, 1.82) is 0 Å². The van der Waals surface area contributed by atoms with Crippen molar-refractivity contribution in [2.24, 2.45) is 5.73 Å². The van der Waals surface area contributed by atoms with E-state index in [2.05, 4.69) is 40.4 Å². The van der Waals surface area contributed by atoms with Gasteiger partial charge in [0, 0.05) is 17.5 Å². The van der Waals surface area contributed by atoms with Crippen molar-refractivity contribution in [2.75, 3.05) is 11.9 Å². The van der Waals surface area contributed by atoms with E-state index in [0.29, 0.717) is 0 Å². The van der Waals surface area contributed by atoms with Gasteiger partial charge in [-0.1, -0.05) is 30.3 Å². The Hall–Kier alpha value is -1.98. The van der Waals surface area contributed by atoms with Gasteiger partial charge in [-0.25, -0.2) is 9.97 Å². The standard InChI is InChI=1S/C16H18N4S/c1-11-9-13-15(19-10-20-16(13)21-11)18-8-7-14(17)12-5-3-2-4-6-12/h2-6,9-10,14H,7-8,17H2,1H3,(H,18,19,20). The predicted molar refractivity (Wildman–Crippen MR) is 88.6 cm³/mol. The van der Waals surface area contributed by atoms with Crippen molar-refractivity contribution < 1.29 is 0 Å². The number of hydrogen-bond donors (Lipinski definition) is 2. The summed E-state index contributed by atoms with van der Waals surface area (Å²) in [6.07, 6.45) is 2.47. The molecule has 4 nitrogen and oxygen atoms in total. The number of nitrogens with two attached hydrogens (primary N) is 1. The molecule has 1 aromatic carbocycles. The molecule has 5 heteroatoms. The first kappa shape index (κ1) is 14.0. The van der Waals surface area contributed by atoms with Crippen LogP contribution in [-0.4, -0.2) is 16.5 Å². The molecule has 3 aromatic rings. The molecule has 0 saturated heterocycles. The van der Waals surface area contributed by atoms with Crippen LogP contribution in [-0.2, 0) is 0 Å². The molecule has 1 unspecified atom stereocenters. The molecule has 3 N–H and O–H groups in total. The number of nitrogens with one attached hydrogen (secondary N) is 1. The summed E-state index contributed by atoms with van der Waals surface area (Å²) in [5.74, 6) is 0.893. The SMILES string of the molecule is Cc1cc2c(NCCC(N)c3ccccc3)ncnc2s1. The number of nitrogens with zero attached hydrogens (tertiary/aromatic N) is 2. The maximum absolute atomic E-state index is 6.21. The topological polar surface area (TPSA) is 63.8 Å². The first-order valence-corrected chi connectivity index (χ1v) is 7.81. The van der Waals surface area contributed by atoms with E-state index in [9.17, 15) is 0 Å². The van der Waals surface area contributed by atoms with Gasteiger partial charge in [-0.05, 0) is 25.0 Å². The zero-order chi connectivity index (χ0) is 14.7. The number of aromatic nitrogens is 2. The number of thiophene rings is 1. The van der Waals surface area contributed by atoms with Crippen LogP contribution in [0.4, 0.5) is 5.82 Å². The third-order valence-corrected chi connectivity index (χ3v) is 4.39. The van der Waals surface area contributed by atoms with Crippen LogP contribution in [0.1, 0.15) is 22.9 Å². The van der Waals surface area contributed by atoms with Crippen molar-refractivity contribution >= 4 is 27.4 Å². The molecule has 2 aromatic heterocycles. The fourth-order valence-corrected chi connectivity index (χ4v) is 3.18. The zero-order valence-electron chi connectivity index (χ0n) is 11.9. The summed E-state index contributed by atoms with van der Waals surface area (Å²) in [7, 11) is 0. The maximum atomic E-state index is 6.21. The Bertz CT molecular complexity index is 723. The van der Waals surface area contributed by atoms with Crippen LogP contribution in [0.5, 0.6) is 0 Å². The van der Waals surface area contributed by atoms with Gasteiger partial charge in [0.25, 0.3) is 0 Å². The second-order valence-electron chi connectivity index (χ2n) is 5.03. The molecule has 0 bridgehead atoms. The normalized spacial score (nSPS) is 12.5. The zero-order valence-corrected chi connectivity index (χ0v) is 12.7. The highest BCUT2D eigenvalue weighted by molar-refractivity contribution is 7.18. The molecular weight excluding hydrogens is 280 g/mol. The van der Waals surface area contributed by atoms with Gasteiger partial charge in [0.15, 0.2) is 0 Å². The first-order chi connectivity index (χ1) is 10.2. The van der Waals surface area contributed by atoms with Crippen molar-refractivity contribution in [1.82, 2.24) is 9.97 Å². The van der Waals surface area contributed by atoms with Gasteiger partial charge >= 0.3 is 0 Å². The van der Waals surface area contributed by atoms with Crippen molar-refractivity contribution in [3.05, 3.63) is 53.2 Å². The lowest BCUT2D eigenvalue weighted by molar-refractivity contribution is 0.674. The van der Waals surface area contributed by atoms with Crippen molar-refractivity contribution in [2.45, 2.75) is 19.4 Å². The largest absolute Gasteiger partial charge is 0.369 e. The molecule has 0 radical (unpaired) electrons. The van der Waals surface area contributed by atoms with Gasteiger partial charge in [0.1, 0.15) is 17.0 Å². The van der Waals surface area contributed by atoms with Gasteiger partial charge < -0.3 is 11.1 Å². The number of anilines is 1. The fourth-order valence-electron chi connectivity index (χ4n) is 2.33. The highest BCUT2D eigenvalue weighted by Gasteiger charge is 2.08. The summed E-state index contributed by atoms with van der Waals surface area (Å²) in [4.78, 5) is 10.9. The maximum Gasteiger partial charge on any atom is 0.138 e. The molecule has 21 heavy (non-hydrogen) atoms. The van der Waals surface area contributed by atoms with E-state index in [1.54, 1.807) is 17.7 Å². The van der Waals surface area contributed by atoms with Crippen LogP contribution >= 0.6 is 11.3 Å². The Morgan fingerprint density at radius 3 is 2.86 bits per heavy atom. The van der Waals surface area contributed by atoms with Crippen LogP contribution in [0.3, 0.4) is 0 Å². The summed E-state index contributed by atoms with van der Waals surface area (Å²) in [5, 5.41) is 4.47. The first-order valence-electron chi connectivity index (χ1n) is 6.99. The molecule has 2 heterocycles. The lowest BCUT2D eigenvalue weighted by atomic mass is 10.1. The molecule has 108 valence electrons. The quantitative estimate of drug-likeness (QED) is 0.756. The van der Waals surface area contributed by atoms with Crippen LogP contribution in [0.25, 0.3) is 10.2 Å². The molecular formula is C16H18N4S. The van der Waals surface area contributed by atoms with Gasteiger partial charge in [0.2, 0.25) is 0 Å². The summed E-state index contributed by atoms with van der Waals surface area (Å²) in [5.41, 5.74) is 7.37. The highest BCUT2D eigenvalue weighted by atomic mass is 32.1. The number of fused-ring (bicyclic) bond motifs is 1. The van der Waals surface area contributed by atoms with Gasteiger partial charge in [-0.15, -0.1) is 11.3 Å². The summed E-state index contributed by atoms with van der Waals surface area (Å²) < 4.78 is 0. The Balaban J connectivity index is 1.64. The fraction of sp³-hybridized carbons (Fsp3) is 0.250. The molecule has 3 rings (SSSR count). The van der Waals surface area contributed by atoms with E-state index in [1.165, 1.54) is 10.4 Å². The minimum atomic E-state index is 0.0419. The van der Waals surface area contributed by atoms with E-state index in [0.717, 1.165) is 29.0 Å². The van der Waals surface area contributed by atoms with E-state index in [1.807, 2.05) is 18.2 Å². The molecule has 0 aliphatic rings. The average molecular weight is 298 g/mol. The Morgan fingerprint density at radius 1 is 1.24 bits per heavy atom. The molecule has 0 fully saturated rings.